The molecule has 2 rings (SSSR count). The number of rotatable bonds is 3. The van der Waals surface area contributed by atoms with Crippen LogP contribution in [0.25, 0.3) is 0 Å². The van der Waals surface area contributed by atoms with Crippen LogP contribution >= 0.6 is 23.8 Å². The Morgan fingerprint density at radius 2 is 1.95 bits per heavy atom. The normalized spacial score (nSPS) is 23.5. The highest BCUT2D eigenvalue weighted by molar-refractivity contribution is 7.91. The van der Waals surface area contributed by atoms with Crippen molar-refractivity contribution in [2.24, 2.45) is 0 Å². The van der Waals surface area contributed by atoms with Crippen LogP contribution in [0.5, 0.6) is 0 Å². The molecule has 21 heavy (non-hydrogen) atoms. The van der Waals surface area contributed by atoms with Crippen LogP contribution < -0.4 is 10.6 Å². The van der Waals surface area contributed by atoms with Gasteiger partial charge in [-0.15, -0.1) is 11.6 Å². The number of thiocarbonyl (C=S) groups is 1. The van der Waals surface area contributed by atoms with Crippen molar-refractivity contribution in [1.29, 1.82) is 0 Å². The summed E-state index contributed by atoms with van der Waals surface area (Å²) in [7, 11) is -3.14. The van der Waals surface area contributed by atoms with Crippen LogP contribution in [0.1, 0.15) is 0 Å². The zero-order valence-corrected chi connectivity index (χ0v) is 13.0. The molecule has 10 heteroatoms. The molecule has 2 atom stereocenters. The summed E-state index contributed by atoms with van der Waals surface area (Å²) in [6.45, 7) is 0. The first-order chi connectivity index (χ1) is 9.77. The quantitative estimate of drug-likeness (QED) is 0.367. The van der Waals surface area contributed by atoms with Gasteiger partial charge in [-0.1, -0.05) is 0 Å². The van der Waals surface area contributed by atoms with E-state index in [1.165, 1.54) is 24.3 Å². The standard InChI is InChI=1S/C11H12ClN3O4S2/c12-9-5-21(18,19)6-10(9)14-11(20)13-7-1-3-8(4-2-7)15(16)17/h1-4,9-10H,5-6H2,(H2,13,14,20). The lowest BCUT2D eigenvalue weighted by atomic mass is 10.2. The Labute approximate surface area is 131 Å². The van der Waals surface area contributed by atoms with Gasteiger partial charge in [0.2, 0.25) is 0 Å². The van der Waals surface area contributed by atoms with Crippen LogP contribution in [0.3, 0.4) is 0 Å². The Morgan fingerprint density at radius 1 is 1.33 bits per heavy atom. The molecule has 1 fully saturated rings. The number of nitro benzene ring substituents is 1. The molecule has 0 amide bonds. The van der Waals surface area contributed by atoms with Crippen molar-refractivity contribution in [2.75, 3.05) is 16.8 Å². The molecule has 2 N–H and O–H groups in total. The minimum Gasteiger partial charge on any atom is -0.357 e. The zero-order valence-electron chi connectivity index (χ0n) is 10.7. The van der Waals surface area contributed by atoms with E-state index in [0.29, 0.717) is 5.69 Å². The third-order valence-corrected chi connectivity index (χ3v) is 5.53. The molecule has 1 saturated heterocycles. The van der Waals surface area contributed by atoms with Gasteiger partial charge in [-0.05, 0) is 24.4 Å². The van der Waals surface area contributed by atoms with E-state index in [2.05, 4.69) is 10.6 Å². The first-order valence-electron chi connectivity index (χ1n) is 5.93. The van der Waals surface area contributed by atoms with Gasteiger partial charge in [0.05, 0.1) is 27.8 Å². The highest BCUT2D eigenvalue weighted by atomic mass is 35.5. The number of anilines is 1. The number of nitrogens with zero attached hydrogens (tertiary/aromatic N) is 1. The van der Waals surface area contributed by atoms with Crippen LogP contribution in [-0.2, 0) is 9.84 Å². The minimum absolute atomic E-state index is 0.0258. The van der Waals surface area contributed by atoms with Gasteiger partial charge in [0.1, 0.15) is 0 Å². The average molecular weight is 350 g/mol. The Morgan fingerprint density at radius 3 is 2.43 bits per heavy atom. The second-order valence-electron chi connectivity index (χ2n) is 4.60. The highest BCUT2D eigenvalue weighted by Gasteiger charge is 2.36. The van der Waals surface area contributed by atoms with Crippen LogP contribution in [0.4, 0.5) is 11.4 Å². The summed E-state index contributed by atoms with van der Waals surface area (Å²) < 4.78 is 22.9. The molecule has 1 aliphatic heterocycles. The molecule has 0 aromatic heterocycles. The predicted octanol–water partition coefficient (Wildman–Crippen LogP) is 1.29. The van der Waals surface area contributed by atoms with Crippen molar-refractivity contribution in [1.82, 2.24) is 5.32 Å². The van der Waals surface area contributed by atoms with Crippen LogP contribution in [0.15, 0.2) is 24.3 Å². The summed E-state index contributed by atoms with van der Waals surface area (Å²) in [6.07, 6.45) is 0. The van der Waals surface area contributed by atoms with E-state index in [1.54, 1.807) is 0 Å². The van der Waals surface area contributed by atoms with Crippen LogP contribution in [0.2, 0.25) is 0 Å². The Bertz CT molecular complexity index is 663. The third kappa shape index (κ3) is 4.26. The summed E-state index contributed by atoms with van der Waals surface area (Å²) in [5, 5.41) is 15.9. The second kappa shape index (κ2) is 6.12. The number of hydrogen-bond acceptors (Lipinski definition) is 5. The molecule has 0 saturated carbocycles. The number of non-ortho nitro benzene ring substituents is 1. The summed E-state index contributed by atoms with van der Waals surface area (Å²) in [5.41, 5.74) is 0.534. The Hall–Kier alpha value is -1.45. The SMILES string of the molecule is O=[N+]([O-])c1ccc(NC(=S)NC2CS(=O)(=O)CC2Cl)cc1. The van der Waals surface area contributed by atoms with Crippen LogP contribution in [-0.4, -0.2) is 41.4 Å². The molecule has 7 nitrogen and oxygen atoms in total. The monoisotopic (exact) mass is 349 g/mol. The van der Waals surface area contributed by atoms with Gasteiger partial charge in [-0.2, -0.15) is 0 Å². The molecule has 2 unspecified atom stereocenters. The van der Waals surface area contributed by atoms with E-state index in [9.17, 15) is 18.5 Å². The van der Waals surface area contributed by atoms with Crippen molar-refractivity contribution >= 4 is 50.1 Å². The van der Waals surface area contributed by atoms with Gasteiger partial charge in [0, 0.05) is 17.8 Å². The fourth-order valence-electron chi connectivity index (χ4n) is 1.94. The lowest BCUT2D eigenvalue weighted by molar-refractivity contribution is -0.384. The van der Waals surface area contributed by atoms with Gasteiger partial charge < -0.3 is 10.6 Å². The zero-order chi connectivity index (χ0) is 15.6. The van der Waals surface area contributed by atoms with E-state index >= 15 is 0 Å². The Balaban J connectivity index is 1.94. The molecular formula is C11H12ClN3O4S2. The van der Waals surface area contributed by atoms with E-state index in [0.717, 1.165) is 0 Å². The summed E-state index contributed by atoms with van der Waals surface area (Å²) in [5.74, 6) is -0.143. The number of benzene rings is 1. The van der Waals surface area contributed by atoms with Crippen molar-refractivity contribution < 1.29 is 13.3 Å². The molecule has 1 aromatic carbocycles. The van der Waals surface area contributed by atoms with Gasteiger partial charge in [-0.3, -0.25) is 10.1 Å². The largest absolute Gasteiger partial charge is 0.357 e. The van der Waals surface area contributed by atoms with E-state index in [-0.39, 0.29) is 22.3 Å². The average Bonchev–Trinajstić information content (AvgIpc) is 2.62. The fourth-order valence-corrected chi connectivity index (χ4v) is 4.76. The second-order valence-corrected chi connectivity index (χ2v) is 7.72. The number of sulfone groups is 1. The predicted molar refractivity (Wildman–Crippen MR) is 84.5 cm³/mol. The molecule has 0 aliphatic carbocycles. The van der Waals surface area contributed by atoms with E-state index in [4.69, 9.17) is 23.8 Å². The molecule has 114 valence electrons. The van der Waals surface area contributed by atoms with Crippen molar-refractivity contribution in [3.63, 3.8) is 0 Å². The van der Waals surface area contributed by atoms with Crippen molar-refractivity contribution in [2.45, 2.75) is 11.4 Å². The molecule has 1 aromatic rings. The van der Waals surface area contributed by atoms with E-state index < -0.39 is 26.2 Å². The number of nitrogens with one attached hydrogen (secondary N) is 2. The van der Waals surface area contributed by atoms with Gasteiger partial charge in [0.15, 0.2) is 14.9 Å². The van der Waals surface area contributed by atoms with Crippen LogP contribution in [0, 0.1) is 10.1 Å². The Kier molecular flexibility index (Phi) is 4.64. The molecule has 0 radical (unpaired) electrons. The number of halogens is 1. The maximum atomic E-state index is 11.4. The molecule has 1 heterocycles. The lowest BCUT2D eigenvalue weighted by Gasteiger charge is -2.17. The maximum Gasteiger partial charge on any atom is 0.269 e. The van der Waals surface area contributed by atoms with E-state index in [1.807, 2.05) is 0 Å². The maximum absolute atomic E-state index is 11.4. The molecular weight excluding hydrogens is 338 g/mol. The number of nitro groups is 1. The first kappa shape index (κ1) is 15.9. The summed E-state index contributed by atoms with van der Waals surface area (Å²) >= 11 is 11.0. The van der Waals surface area contributed by atoms with Gasteiger partial charge in [-0.25, -0.2) is 8.42 Å². The topological polar surface area (TPSA) is 101 Å². The number of hydrogen-bond donors (Lipinski definition) is 2. The van der Waals surface area contributed by atoms with Crippen molar-refractivity contribution in [3.05, 3.63) is 34.4 Å². The highest BCUT2D eigenvalue weighted by Crippen LogP contribution is 2.19. The van der Waals surface area contributed by atoms with Gasteiger partial charge in [0.25, 0.3) is 5.69 Å². The lowest BCUT2D eigenvalue weighted by Crippen LogP contribution is -2.42. The smallest absolute Gasteiger partial charge is 0.269 e. The van der Waals surface area contributed by atoms with Gasteiger partial charge >= 0.3 is 0 Å². The summed E-state index contributed by atoms with van der Waals surface area (Å²) in [4.78, 5) is 10.0. The fraction of sp³-hybridized carbons (Fsp3) is 0.364. The number of alkyl halides is 1. The first-order valence-corrected chi connectivity index (χ1v) is 8.60. The molecule has 1 aliphatic rings. The molecule has 0 spiro atoms. The molecule has 0 bridgehead atoms. The minimum atomic E-state index is -3.14. The third-order valence-electron chi connectivity index (χ3n) is 2.94. The summed E-state index contributed by atoms with van der Waals surface area (Å²) in [6, 6.07) is 5.26. The van der Waals surface area contributed by atoms with Crippen molar-refractivity contribution in [3.8, 4) is 0 Å².